The Morgan fingerprint density at radius 3 is 2.44 bits per heavy atom. The van der Waals surface area contributed by atoms with Crippen molar-refractivity contribution in [2.45, 2.75) is 51.0 Å². The second-order valence-corrected chi connectivity index (χ2v) is 9.83. The van der Waals surface area contributed by atoms with Gasteiger partial charge in [-0.1, -0.05) is 17.7 Å². The molecule has 0 radical (unpaired) electrons. The molecule has 0 aromatic heterocycles. The van der Waals surface area contributed by atoms with Crippen LogP contribution < -0.4 is 5.32 Å². The maximum Gasteiger partial charge on any atom is 0.244 e. The molecule has 0 aliphatic carbocycles. The van der Waals surface area contributed by atoms with E-state index in [1.807, 2.05) is 44.9 Å². The van der Waals surface area contributed by atoms with Crippen LogP contribution in [0.1, 0.15) is 36.0 Å². The van der Waals surface area contributed by atoms with Crippen molar-refractivity contribution in [1.29, 1.82) is 0 Å². The number of hydrogen-bond donors (Lipinski definition) is 1. The SMILES string of the molecule is CNCC1CCN(C(=O)C2CCCN2S(=O)(=O)c2c(C)cc(C)cc2C)C1. The molecule has 2 aliphatic rings. The van der Waals surface area contributed by atoms with E-state index in [2.05, 4.69) is 5.32 Å². The van der Waals surface area contributed by atoms with Gasteiger partial charge in [0.05, 0.1) is 4.90 Å². The first kappa shape index (κ1) is 20.3. The predicted molar refractivity (Wildman–Crippen MR) is 106 cm³/mol. The number of nitrogens with one attached hydrogen (secondary N) is 1. The highest BCUT2D eigenvalue weighted by Crippen LogP contribution is 2.32. The molecule has 2 saturated heterocycles. The van der Waals surface area contributed by atoms with Crippen LogP contribution in [0.15, 0.2) is 17.0 Å². The zero-order valence-corrected chi connectivity index (χ0v) is 17.6. The van der Waals surface area contributed by atoms with Gasteiger partial charge in [0.15, 0.2) is 0 Å². The van der Waals surface area contributed by atoms with Gasteiger partial charge < -0.3 is 10.2 Å². The molecule has 0 bridgehead atoms. The van der Waals surface area contributed by atoms with E-state index in [0.717, 1.165) is 42.6 Å². The Morgan fingerprint density at radius 1 is 1.15 bits per heavy atom. The number of benzene rings is 1. The molecule has 1 amide bonds. The van der Waals surface area contributed by atoms with E-state index in [1.165, 1.54) is 4.31 Å². The van der Waals surface area contributed by atoms with E-state index in [9.17, 15) is 13.2 Å². The van der Waals surface area contributed by atoms with Crippen molar-refractivity contribution in [1.82, 2.24) is 14.5 Å². The molecule has 1 aromatic carbocycles. The number of amides is 1. The average molecular weight is 394 g/mol. The lowest BCUT2D eigenvalue weighted by atomic mass is 10.1. The second kappa shape index (κ2) is 7.89. The zero-order valence-electron chi connectivity index (χ0n) is 16.8. The lowest BCUT2D eigenvalue weighted by Crippen LogP contribution is -2.47. The summed E-state index contributed by atoms with van der Waals surface area (Å²) in [6.07, 6.45) is 2.31. The molecule has 2 unspecified atom stereocenters. The van der Waals surface area contributed by atoms with Gasteiger partial charge in [0.25, 0.3) is 0 Å². The van der Waals surface area contributed by atoms with Gasteiger partial charge in [0, 0.05) is 19.6 Å². The van der Waals surface area contributed by atoms with E-state index in [0.29, 0.717) is 30.3 Å². The van der Waals surface area contributed by atoms with Crippen LogP contribution in [0.2, 0.25) is 0 Å². The van der Waals surface area contributed by atoms with Crippen LogP contribution in [0.25, 0.3) is 0 Å². The fourth-order valence-electron chi connectivity index (χ4n) is 4.66. The molecule has 1 aromatic rings. The lowest BCUT2D eigenvalue weighted by Gasteiger charge is -2.28. The van der Waals surface area contributed by atoms with Crippen LogP contribution in [0.3, 0.4) is 0 Å². The molecule has 0 saturated carbocycles. The molecule has 0 spiro atoms. The molecule has 6 nitrogen and oxygen atoms in total. The molecule has 2 fully saturated rings. The second-order valence-electron chi connectivity index (χ2n) is 8.00. The Labute approximate surface area is 163 Å². The van der Waals surface area contributed by atoms with E-state index in [-0.39, 0.29) is 5.91 Å². The van der Waals surface area contributed by atoms with Gasteiger partial charge in [-0.2, -0.15) is 4.31 Å². The van der Waals surface area contributed by atoms with Crippen LogP contribution in [-0.4, -0.2) is 62.8 Å². The van der Waals surface area contributed by atoms with Crippen molar-refractivity contribution in [3.8, 4) is 0 Å². The van der Waals surface area contributed by atoms with Gasteiger partial charge in [0.1, 0.15) is 6.04 Å². The Bertz CT molecular complexity index is 799. The number of nitrogens with zero attached hydrogens (tertiary/aromatic N) is 2. The van der Waals surface area contributed by atoms with E-state index < -0.39 is 16.1 Å². The fourth-order valence-corrected chi connectivity index (χ4v) is 6.73. The smallest absolute Gasteiger partial charge is 0.244 e. The highest BCUT2D eigenvalue weighted by atomic mass is 32.2. The summed E-state index contributed by atoms with van der Waals surface area (Å²) in [6, 6.07) is 3.23. The van der Waals surface area contributed by atoms with Crippen LogP contribution in [0.5, 0.6) is 0 Å². The van der Waals surface area contributed by atoms with Crippen LogP contribution >= 0.6 is 0 Å². The van der Waals surface area contributed by atoms with Crippen molar-refractivity contribution >= 4 is 15.9 Å². The van der Waals surface area contributed by atoms with Gasteiger partial charge in [-0.05, 0) is 70.7 Å². The maximum absolute atomic E-state index is 13.4. The molecule has 150 valence electrons. The fraction of sp³-hybridized carbons (Fsp3) is 0.650. The summed E-state index contributed by atoms with van der Waals surface area (Å²) in [4.78, 5) is 15.3. The van der Waals surface area contributed by atoms with Gasteiger partial charge in [0.2, 0.25) is 15.9 Å². The van der Waals surface area contributed by atoms with E-state index >= 15 is 0 Å². The van der Waals surface area contributed by atoms with Crippen molar-refractivity contribution < 1.29 is 13.2 Å². The topological polar surface area (TPSA) is 69.7 Å². The number of sulfonamides is 1. The standard InChI is InChI=1S/C20H31N3O3S/c1-14-10-15(2)19(16(3)11-14)27(25,26)23-8-5-6-18(23)20(24)22-9-7-17(13-22)12-21-4/h10-11,17-18,21H,5-9,12-13H2,1-4H3. The summed E-state index contributed by atoms with van der Waals surface area (Å²) in [5.74, 6) is 0.420. The summed E-state index contributed by atoms with van der Waals surface area (Å²) in [6.45, 7) is 8.38. The number of likely N-dealkylation sites (tertiary alicyclic amines) is 1. The van der Waals surface area contributed by atoms with Crippen molar-refractivity contribution in [3.63, 3.8) is 0 Å². The maximum atomic E-state index is 13.4. The molecule has 7 heteroatoms. The first-order valence-electron chi connectivity index (χ1n) is 9.78. The highest BCUT2D eigenvalue weighted by Gasteiger charge is 2.43. The molecule has 2 atom stereocenters. The lowest BCUT2D eigenvalue weighted by molar-refractivity contribution is -0.133. The highest BCUT2D eigenvalue weighted by molar-refractivity contribution is 7.89. The Kier molecular flexibility index (Phi) is 5.93. The summed E-state index contributed by atoms with van der Waals surface area (Å²) in [5.41, 5.74) is 2.55. The minimum atomic E-state index is -3.69. The molecule has 1 N–H and O–H groups in total. The molecule has 2 heterocycles. The summed E-state index contributed by atoms with van der Waals surface area (Å²) in [5, 5.41) is 3.17. The Morgan fingerprint density at radius 2 is 1.81 bits per heavy atom. The van der Waals surface area contributed by atoms with Crippen molar-refractivity contribution in [2.24, 2.45) is 5.92 Å². The molecule has 27 heavy (non-hydrogen) atoms. The quantitative estimate of drug-likeness (QED) is 0.829. The monoisotopic (exact) mass is 393 g/mol. The number of rotatable bonds is 5. The van der Waals surface area contributed by atoms with Gasteiger partial charge in [-0.25, -0.2) is 8.42 Å². The van der Waals surface area contributed by atoms with Crippen molar-refractivity contribution in [3.05, 3.63) is 28.8 Å². The van der Waals surface area contributed by atoms with Crippen molar-refractivity contribution in [2.75, 3.05) is 33.2 Å². The van der Waals surface area contributed by atoms with Gasteiger partial charge in [-0.3, -0.25) is 4.79 Å². The summed E-state index contributed by atoms with van der Waals surface area (Å²) in [7, 11) is -1.77. The average Bonchev–Trinajstić information content (AvgIpc) is 3.23. The third-order valence-corrected chi connectivity index (χ3v) is 7.96. The number of aryl methyl sites for hydroxylation is 3. The van der Waals surface area contributed by atoms with E-state index in [4.69, 9.17) is 0 Å². The summed E-state index contributed by atoms with van der Waals surface area (Å²) >= 11 is 0. The van der Waals surface area contributed by atoms with Gasteiger partial charge in [-0.15, -0.1) is 0 Å². The number of carbonyl (C=O) groups is 1. The van der Waals surface area contributed by atoms with Gasteiger partial charge >= 0.3 is 0 Å². The number of carbonyl (C=O) groups excluding carboxylic acids is 1. The van der Waals surface area contributed by atoms with Crippen LogP contribution in [-0.2, 0) is 14.8 Å². The number of hydrogen-bond acceptors (Lipinski definition) is 4. The minimum absolute atomic E-state index is 0.0305. The molecular formula is C20H31N3O3S. The third-order valence-electron chi connectivity index (χ3n) is 5.75. The Balaban J connectivity index is 1.85. The molecular weight excluding hydrogens is 362 g/mol. The zero-order chi connectivity index (χ0) is 19.8. The Hall–Kier alpha value is -1.44. The van der Waals surface area contributed by atoms with Crippen LogP contribution in [0, 0.1) is 26.7 Å². The molecule has 2 aliphatic heterocycles. The largest absolute Gasteiger partial charge is 0.341 e. The summed E-state index contributed by atoms with van der Waals surface area (Å²) < 4.78 is 28.3. The third kappa shape index (κ3) is 3.91. The first-order chi connectivity index (χ1) is 12.8. The van der Waals surface area contributed by atoms with E-state index in [1.54, 1.807) is 0 Å². The van der Waals surface area contributed by atoms with Crippen LogP contribution in [0.4, 0.5) is 0 Å². The first-order valence-corrected chi connectivity index (χ1v) is 11.2. The molecule has 3 rings (SSSR count). The predicted octanol–water partition coefficient (Wildman–Crippen LogP) is 1.83. The normalized spacial score (nSPS) is 23.9. The minimum Gasteiger partial charge on any atom is -0.341 e.